The molecule has 0 unspecified atom stereocenters. The SMILES string of the molecule is COc1ccc(N(C(=O)CC(C)=O)C(=O)CC(C)=O)c(S(=O)(=O)O)c1. The molecule has 0 saturated carbocycles. The van der Waals surface area contributed by atoms with E-state index in [4.69, 9.17) is 4.74 Å². The Kier molecular flexibility index (Phi) is 6.54. The van der Waals surface area contributed by atoms with E-state index in [-0.39, 0.29) is 5.75 Å². The zero-order chi connectivity index (χ0) is 19.4. The van der Waals surface area contributed by atoms with Gasteiger partial charge in [-0.2, -0.15) is 8.42 Å². The zero-order valence-corrected chi connectivity index (χ0v) is 14.6. The van der Waals surface area contributed by atoms with Gasteiger partial charge in [-0.15, -0.1) is 0 Å². The highest BCUT2D eigenvalue weighted by atomic mass is 32.2. The highest BCUT2D eigenvalue weighted by Gasteiger charge is 2.30. The van der Waals surface area contributed by atoms with E-state index in [0.29, 0.717) is 4.90 Å². The van der Waals surface area contributed by atoms with Gasteiger partial charge in [0.1, 0.15) is 22.2 Å². The van der Waals surface area contributed by atoms with Gasteiger partial charge in [0.05, 0.1) is 25.6 Å². The molecule has 0 atom stereocenters. The predicted octanol–water partition coefficient (Wildman–Crippen LogP) is 0.760. The molecule has 0 heterocycles. The number of benzene rings is 1. The van der Waals surface area contributed by atoms with Crippen LogP contribution < -0.4 is 9.64 Å². The maximum atomic E-state index is 12.3. The molecule has 0 fully saturated rings. The summed E-state index contributed by atoms with van der Waals surface area (Å²) in [5.74, 6) is -3.11. The number of ketones is 2. The summed E-state index contributed by atoms with van der Waals surface area (Å²) in [5, 5.41) is 0. The number of anilines is 1. The molecule has 1 N–H and O–H groups in total. The Labute approximate surface area is 144 Å². The molecule has 0 aliphatic carbocycles. The summed E-state index contributed by atoms with van der Waals surface area (Å²) in [7, 11) is -3.58. The Balaban J connectivity index is 3.58. The number of carbonyl (C=O) groups is 4. The van der Waals surface area contributed by atoms with Crippen LogP contribution in [0.2, 0.25) is 0 Å². The number of methoxy groups -OCH3 is 1. The maximum absolute atomic E-state index is 12.3. The van der Waals surface area contributed by atoms with Crippen LogP contribution in [0.5, 0.6) is 5.75 Å². The zero-order valence-electron chi connectivity index (χ0n) is 13.8. The summed E-state index contributed by atoms with van der Waals surface area (Å²) in [6.07, 6.45) is -1.36. The van der Waals surface area contributed by atoms with E-state index in [1.807, 2.05) is 0 Å². The normalized spacial score (nSPS) is 10.9. The predicted molar refractivity (Wildman–Crippen MR) is 85.9 cm³/mol. The number of rotatable bonds is 7. The van der Waals surface area contributed by atoms with Gasteiger partial charge in [-0.05, 0) is 26.0 Å². The first-order valence-electron chi connectivity index (χ1n) is 6.97. The van der Waals surface area contributed by atoms with Crippen molar-refractivity contribution >= 4 is 39.2 Å². The van der Waals surface area contributed by atoms with Gasteiger partial charge in [-0.25, -0.2) is 4.90 Å². The number of amides is 2. The first kappa shape index (κ1) is 20.5. The standard InChI is InChI=1S/C15H17NO8S/c1-9(17)6-14(19)16(15(20)7-10(2)18)12-5-4-11(24-3)8-13(12)25(21,22)23/h4-5,8H,6-7H2,1-3H3,(H,21,22,23). The lowest BCUT2D eigenvalue weighted by molar-refractivity contribution is -0.130. The van der Waals surface area contributed by atoms with Gasteiger partial charge < -0.3 is 4.74 Å². The van der Waals surface area contributed by atoms with Crippen LogP contribution in [0.1, 0.15) is 26.7 Å². The molecule has 10 heteroatoms. The molecule has 25 heavy (non-hydrogen) atoms. The average molecular weight is 371 g/mol. The molecular formula is C15H17NO8S. The summed E-state index contributed by atoms with van der Waals surface area (Å²) in [6.45, 7) is 2.23. The van der Waals surface area contributed by atoms with Crippen molar-refractivity contribution in [3.8, 4) is 5.75 Å². The Hall–Kier alpha value is -2.59. The van der Waals surface area contributed by atoms with Crippen LogP contribution in [0.4, 0.5) is 5.69 Å². The second-order valence-corrected chi connectivity index (χ2v) is 6.58. The molecule has 0 aliphatic heterocycles. The van der Waals surface area contributed by atoms with E-state index < -0.39 is 56.9 Å². The Morgan fingerprint density at radius 3 is 1.88 bits per heavy atom. The van der Waals surface area contributed by atoms with Crippen LogP contribution in [0, 0.1) is 0 Å². The third kappa shape index (κ3) is 5.47. The van der Waals surface area contributed by atoms with Crippen molar-refractivity contribution in [3.05, 3.63) is 18.2 Å². The molecule has 0 aliphatic rings. The van der Waals surface area contributed by atoms with Crippen molar-refractivity contribution in [3.63, 3.8) is 0 Å². The van der Waals surface area contributed by atoms with Crippen LogP contribution in [0.15, 0.2) is 23.1 Å². The Morgan fingerprint density at radius 2 is 1.52 bits per heavy atom. The second kappa shape index (κ2) is 7.99. The molecular weight excluding hydrogens is 354 g/mol. The molecule has 2 amide bonds. The lowest BCUT2D eigenvalue weighted by atomic mass is 10.2. The Morgan fingerprint density at radius 1 is 1.04 bits per heavy atom. The topological polar surface area (TPSA) is 135 Å². The van der Waals surface area contributed by atoms with E-state index in [9.17, 15) is 32.1 Å². The number of imide groups is 1. The lowest BCUT2D eigenvalue weighted by Crippen LogP contribution is -2.39. The first-order chi connectivity index (χ1) is 11.5. The summed E-state index contributed by atoms with van der Waals surface area (Å²) in [4.78, 5) is 46.6. The molecule has 0 bridgehead atoms. The van der Waals surface area contributed by atoms with Gasteiger partial charge in [0.15, 0.2) is 0 Å². The van der Waals surface area contributed by atoms with Crippen molar-refractivity contribution < 1.29 is 36.9 Å². The third-order valence-electron chi connectivity index (χ3n) is 2.98. The summed E-state index contributed by atoms with van der Waals surface area (Å²) in [6, 6.07) is 3.25. The minimum atomic E-state index is -4.83. The largest absolute Gasteiger partial charge is 0.497 e. The lowest BCUT2D eigenvalue weighted by Gasteiger charge is -2.22. The summed E-state index contributed by atoms with van der Waals surface area (Å²) >= 11 is 0. The fraction of sp³-hybridized carbons (Fsp3) is 0.333. The number of nitrogens with zero attached hydrogens (tertiary/aromatic N) is 1. The van der Waals surface area contributed by atoms with Gasteiger partial charge in [-0.3, -0.25) is 23.7 Å². The number of hydrogen-bond acceptors (Lipinski definition) is 7. The number of hydrogen-bond donors (Lipinski definition) is 1. The molecule has 136 valence electrons. The van der Waals surface area contributed by atoms with Crippen molar-refractivity contribution in [2.24, 2.45) is 0 Å². The molecule has 0 spiro atoms. The van der Waals surface area contributed by atoms with Crippen LogP contribution in [0.3, 0.4) is 0 Å². The Bertz CT molecular complexity index is 800. The quantitative estimate of drug-likeness (QED) is 0.548. The molecule has 1 aromatic carbocycles. The third-order valence-corrected chi connectivity index (χ3v) is 3.87. The minimum Gasteiger partial charge on any atom is -0.497 e. The maximum Gasteiger partial charge on any atom is 0.296 e. The molecule has 9 nitrogen and oxygen atoms in total. The summed E-state index contributed by atoms with van der Waals surface area (Å²) in [5.41, 5.74) is -0.471. The van der Waals surface area contributed by atoms with E-state index >= 15 is 0 Å². The monoisotopic (exact) mass is 371 g/mol. The second-order valence-electron chi connectivity index (χ2n) is 5.19. The van der Waals surface area contributed by atoms with Gasteiger partial charge in [0.25, 0.3) is 10.1 Å². The first-order valence-corrected chi connectivity index (χ1v) is 8.41. The van der Waals surface area contributed by atoms with E-state index in [1.54, 1.807) is 0 Å². The van der Waals surface area contributed by atoms with Gasteiger partial charge >= 0.3 is 0 Å². The number of Topliss-reactive ketones (excluding diaryl/α,β-unsaturated/α-hetero) is 2. The van der Waals surface area contributed by atoms with Crippen LogP contribution in [0.25, 0.3) is 0 Å². The highest BCUT2D eigenvalue weighted by Crippen LogP contribution is 2.30. The van der Waals surface area contributed by atoms with Crippen molar-refractivity contribution in [2.45, 2.75) is 31.6 Å². The fourth-order valence-electron chi connectivity index (χ4n) is 2.00. The van der Waals surface area contributed by atoms with Crippen LogP contribution >= 0.6 is 0 Å². The van der Waals surface area contributed by atoms with Crippen molar-refractivity contribution in [1.82, 2.24) is 0 Å². The van der Waals surface area contributed by atoms with E-state index in [1.165, 1.54) is 13.2 Å². The van der Waals surface area contributed by atoms with Crippen LogP contribution in [-0.2, 0) is 29.3 Å². The molecule has 0 saturated heterocycles. The van der Waals surface area contributed by atoms with Crippen LogP contribution in [-0.4, -0.2) is 43.5 Å². The minimum absolute atomic E-state index is 0.0503. The molecule has 0 aromatic heterocycles. The van der Waals surface area contributed by atoms with Gasteiger partial charge in [0.2, 0.25) is 11.8 Å². The number of ether oxygens (including phenoxy) is 1. The van der Waals surface area contributed by atoms with E-state index in [2.05, 4.69) is 0 Å². The fourth-order valence-corrected chi connectivity index (χ4v) is 2.69. The number of carbonyl (C=O) groups excluding carboxylic acids is 4. The van der Waals surface area contributed by atoms with E-state index in [0.717, 1.165) is 26.0 Å². The van der Waals surface area contributed by atoms with Crippen molar-refractivity contribution in [2.75, 3.05) is 12.0 Å². The average Bonchev–Trinajstić information content (AvgIpc) is 2.45. The molecule has 1 rings (SSSR count). The molecule has 1 aromatic rings. The van der Waals surface area contributed by atoms with Gasteiger partial charge in [0, 0.05) is 6.07 Å². The molecule has 0 radical (unpaired) electrons. The smallest absolute Gasteiger partial charge is 0.296 e. The van der Waals surface area contributed by atoms with Crippen molar-refractivity contribution in [1.29, 1.82) is 0 Å². The highest BCUT2D eigenvalue weighted by molar-refractivity contribution is 7.86. The summed E-state index contributed by atoms with van der Waals surface area (Å²) < 4.78 is 37.5. The van der Waals surface area contributed by atoms with Gasteiger partial charge in [-0.1, -0.05) is 0 Å².